The second kappa shape index (κ2) is 5.52. The maximum atomic E-state index is 13.9. The zero-order valence-corrected chi connectivity index (χ0v) is 12.3. The van der Waals surface area contributed by atoms with Gasteiger partial charge in [0.2, 0.25) is 0 Å². The minimum atomic E-state index is -0.285. The predicted molar refractivity (Wildman–Crippen MR) is 79.6 cm³/mol. The molecule has 3 rings (SSSR count). The van der Waals surface area contributed by atoms with Crippen molar-refractivity contribution < 1.29 is 8.78 Å². The van der Waals surface area contributed by atoms with Gasteiger partial charge in [-0.25, -0.2) is 8.78 Å². The van der Waals surface area contributed by atoms with Crippen LogP contribution in [0.3, 0.4) is 0 Å². The van der Waals surface area contributed by atoms with Crippen molar-refractivity contribution in [3.05, 3.63) is 64.1 Å². The van der Waals surface area contributed by atoms with Gasteiger partial charge in [0.15, 0.2) is 0 Å². The van der Waals surface area contributed by atoms with E-state index < -0.39 is 0 Å². The highest BCUT2D eigenvalue weighted by Crippen LogP contribution is 2.44. The molecule has 0 aromatic heterocycles. The second-order valence-electron chi connectivity index (χ2n) is 5.11. The summed E-state index contributed by atoms with van der Waals surface area (Å²) in [6.45, 7) is 0. The highest BCUT2D eigenvalue weighted by atomic mass is 79.9. The van der Waals surface area contributed by atoms with E-state index in [4.69, 9.17) is 0 Å². The molecule has 0 amide bonds. The van der Waals surface area contributed by atoms with Crippen molar-refractivity contribution in [3.8, 4) is 0 Å². The standard InChI is InChI=1S/C16H14BrF2N/c17-13-2-1-3-14(19)16(13)20-15(10-4-5-10)11-6-8-12(18)9-7-11/h1-3,6-10,15,20H,4-5H2. The lowest BCUT2D eigenvalue weighted by molar-refractivity contribution is 0.610. The smallest absolute Gasteiger partial charge is 0.147 e. The Kier molecular flexibility index (Phi) is 3.74. The molecule has 1 saturated carbocycles. The highest BCUT2D eigenvalue weighted by Gasteiger charge is 2.33. The summed E-state index contributed by atoms with van der Waals surface area (Å²) >= 11 is 3.37. The molecule has 0 radical (unpaired) electrons. The molecule has 1 fully saturated rings. The maximum absolute atomic E-state index is 13.9. The molecule has 1 unspecified atom stereocenters. The Morgan fingerprint density at radius 2 is 1.75 bits per heavy atom. The van der Waals surface area contributed by atoms with Gasteiger partial charge in [-0.1, -0.05) is 18.2 Å². The molecular weight excluding hydrogens is 324 g/mol. The van der Waals surface area contributed by atoms with Gasteiger partial charge in [0.1, 0.15) is 11.6 Å². The summed E-state index contributed by atoms with van der Waals surface area (Å²) in [5, 5.41) is 3.27. The van der Waals surface area contributed by atoms with Crippen molar-refractivity contribution in [1.82, 2.24) is 0 Å². The van der Waals surface area contributed by atoms with Gasteiger partial charge in [0.25, 0.3) is 0 Å². The zero-order valence-electron chi connectivity index (χ0n) is 10.7. The third-order valence-electron chi connectivity index (χ3n) is 3.59. The molecule has 0 saturated heterocycles. The Bertz CT molecular complexity index is 588. The number of para-hydroxylation sites is 1. The van der Waals surface area contributed by atoms with Gasteiger partial charge in [-0.15, -0.1) is 0 Å². The molecule has 4 heteroatoms. The van der Waals surface area contributed by atoms with Crippen molar-refractivity contribution in [2.24, 2.45) is 5.92 Å². The van der Waals surface area contributed by atoms with Gasteiger partial charge in [-0.2, -0.15) is 0 Å². The van der Waals surface area contributed by atoms with Gasteiger partial charge in [0.05, 0.1) is 11.7 Å². The highest BCUT2D eigenvalue weighted by molar-refractivity contribution is 9.10. The number of rotatable bonds is 4. The van der Waals surface area contributed by atoms with Crippen LogP contribution in [-0.2, 0) is 0 Å². The summed E-state index contributed by atoms with van der Waals surface area (Å²) in [4.78, 5) is 0. The fraction of sp³-hybridized carbons (Fsp3) is 0.250. The molecule has 2 aromatic rings. The first-order valence-electron chi connectivity index (χ1n) is 6.61. The van der Waals surface area contributed by atoms with Crippen LogP contribution in [-0.4, -0.2) is 0 Å². The summed E-state index contributed by atoms with van der Waals surface area (Å²) in [5.41, 5.74) is 1.46. The SMILES string of the molecule is Fc1ccc(C(Nc2c(F)cccc2Br)C2CC2)cc1. The van der Waals surface area contributed by atoms with E-state index in [2.05, 4.69) is 21.2 Å². The first kappa shape index (κ1) is 13.6. The Labute approximate surface area is 125 Å². The number of halogens is 3. The summed E-state index contributed by atoms with van der Waals surface area (Å²) in [6.07, 6.45) is 2.22. The average molecular weight is 338 g/mol. The first-order valence-corrected chi connectivity index (χ1v) is 7.40. The molecule has 1 atom stereocenters. The molecule has 0 heterocycles. The Morgan fingerprint density at radius 1 is 1.05 bits per heavy atom. The third-order valence-corrected chi connectivity index (χ3v) is 4.25. The van der Waals surface area contributed by atoms with Crippen molar-refractivity contribution in [2.75, 3.05) is 5.32 Å². The van der Waals surface area contributed by atoms with Crippen LogP contribution >= 0.6 is 15.9 Å². The van der Waals surface area contributed by atoms with Gasteiger partial charge >= 0.3 is 0 Å². The lowest BCUT2D eigenvalue weighted by atomic mass is 10.0. The second-order valence-corrected chi connectivity index (χ2v) is 5.96. The quantitative estimate of drug-likeness (QED) is 0.799. The van der Waals surface area contributed by atoms with Crippen molar-refractivity contribution in [1.29, 1.82) is 0 Å². The number of anilines is 1. The van der Waals surface area contributed by atoms with Gasteiger partial charge in [0, 0.05) is 4.47 Å². The molecule has 104 valence electrons. The van der Waals surface area contributed by atoms with Gasteiger partial charge in [-0.3, -0.25) is 0 Å². The Hall–Kier alpha value is -1.42. The molecule has 1 aliphatic rings. The van der Waals surface area contributed by atoms with E-state index >= 15 is 0 Å². The van der Waals surface area contributed by atoms with Crippen LogP contribution in [0.4, 0.5) is 14.5 Å². The molecule has 0 spiro atoms. The van der Waals surface area contributed by atoms with E-state index in [0.29, 0.717) is 16.1 Å². The van der Waals surface area contributed by atoms with Crippen LogP contribution in [0.2, 0.25) is 0 Å². The van der Waals surface area contributed by atoms with E-state index in [1.54, 1.807) is 24.3 Å². The van der Waals surface area contributed by atoms with Crippen LogP contribution < -0.4 is 5.32 Å². The average Bonchev–Trinajstić information content (AvgIpc) is 3.24. The molecule has 0 aliphatic heterocycles. The number of benzene rings is 2. The summed E-state index contributed by atoms with van der Waals surface area (Å²) in [6, 6.07) is 11.3. The largest absolute Gasteiger partial charge is 0.375 e. The van der Waals surface area contributed by atoms with E-state index in [0.717, 1.165) is 18.4 Å². The van der Waals surface area contributed by atoms with Crippen LogP contribution in [0.15, 0.2) is 46.9 Å². The molecular formula is C16H14BrF2N. The van der Waals surface area contributed by atoms with E-state index in [1.165, 1.54) is 18.2 Å². The third kappa shape index (κ3) is 2.85. The minimum absolute atomic E-state index is 0.0174. The Balaban J connectivity index is 1.90. The molecule has 0 bridgehead atoms. The Morgan fingerprint density at radius 3 is 2.35 bits per heavy atom. The van der Waals surface area contributed by atoms with Crippen LogP contribution in [0.1, 0.15) is 24.4 Å². The number of hydrogen-bond acceptors (Lipinski definition) is 1. The molecule has 20 heavy (non-hydrogen) atoms. The van der Waals surface area contributed by atoms with E-state index in [-0.39, 0.29) is 17.7 Å². The normalized spacial score (nSPS) is 15.9. The minimum Gasteiger partial charge on any atom is -0.375 e. The lowest BCUT2D eigenvalue weighted by Gasteiger charge is -2.21. The van der Waals surface area contributed by atoms with Crippen LogP contribution in [0.5, 0.6) is 0 Å². The van der Waals surface area contributed by atoms with Crippen LogP contribution in [0.25, 0.3) is 0 Å². The molecule has 1 N–H and O–H groups in total. The topological polar surface area (TPSA) is 12.0 Å². The van der Waals surface area contributed by atoms with Crippen molar-refractivity contribution >= 4 is 21.6 Å². The fourth-order valence-electron chi connectivity index (χ4n) is 2.36. The zero-order chi connectivity index (χ0) is 14.1. The molecule has 2 aromatic carbocycles. The molecule has 1 nitrogen and oxygen atoms in total. The van der Waals surface area contributed by atoms with Crippen molar-refractivity contribution in [2.45, 2.75) is 18.9 Å². The number of hydrogen-bond donors (Lipinski definition) is 1. The molecule has 1 aliphatic carbocycles. The van der Waals surface area contributed by atoms with Crippen LogP contribution in [0, 0.1) is 17.6 Å². The van der Waals surface area contributed by atoms with Crippen molar-refractivity contribution in [3.63, 3.8) is 0 Å². The lowest BCUT2D eigenvalue weighted by Crippen LogP contribution is -2.14. The summed E-state index contributed by atoms with van der Waals surface area (Å²) in [7, 11) is 0. The first-order chi connectivity index (χ1) is 9.65. The van der Waals surface area contributed by atoms with Gasteiger partial charge < -0.3 is 5.32 Å². The maximum Gasteiger partial charge on any atom is 0.147 e. The summed E-state index contributed by atoms with van der Waals surface area (Å²) in [5.74, 6) is -0.0607. The fourth-order valence-corrected chi connectivity index (χ4v) is 2.82. The predicted octanol–water partition coefficient (Wildman–Crippen LogP) is 5.29. The van der Waals surface area contributed by atoms with E-state index in [9.17, 15) is 8.78 Å². The monoisotopic (exact) mass is 337 g/mol. The van der Waals surface area contributed by atoms with E-state index in [1.807, 2.05) is 0 Å². The number of nitrogens with one attached hydrogen (secondary N) is 1. The summed E-state index contributed by atoms with van der Waals surface area (Å²) < 4.78 is 27.7. The van der Waals surface area contributed by atoms with Gasteiger partial charge in [-0.05, 0) is 64.5 Å².